The number of phenols is 1. The van der Waals surface area contributed by atoms with E-state index in [1.165, 1.54) is 5.56 Å². The predicted octanol–water partition coefficient (Wildman–Crippen LogP) is 5.04. The lowest BCUT2D eigenvalue weighted by Gasteiger charge is -2.34. The summed E-state index contributed by atoms with van der Waals surface area (Å²) in [6.45, 7) is 9.01. The molecule has 6 rings (SSSR count). The Balaban J connectivity index is 1.18. The summed E-state index contributed by atoms with van der Waals surface area (Å²) < 4.78 is 28.7. The van der Waals surface area contributed by atoms with Crippen LogP contribution in [0, 0.1) is 6.92 Å². The zero-order valence-corrected chi connectivity index (χ0v) is 22.6. The van der Waals surface area contributed by atoms with Gasteiger partial charge < -0.3 is 28.5 Å². The molecule has 4 aromatic rings. The minimum Gasteiger partial charge on any atom is -0.507 e. The summed E-state index contributed by atoms with van der Waals surface area (Å²) in [5.74, 6) is 3.13. The smallest absolute Gasteiger partial charge is 0.235 e. The van der Waals surface area contributed by atoms with Crippen molar-refractivity contribution in [1.29, 1.82) is 0 Å². The first-order valence-electron chi connectivity index (χ1n) is 13.5. The van der Waals surface area contributed by atoms with Crippen molar-refractivity contribution in [2.45, 2.75) is 26.9 Å². The third-order valence-corrected chi connectivity index (χ3v) is 7.31. The zero-order chi connectivity index (χ0) is 27.6. The predicted molar refractivity (Wildman–Crippen MR) is 150 cm³/mol. The lowest BCUT2D eigenvalue weighted by atomic mass is 10.1. The summed E-state index contributed by atoms with van der Waals surface area (Å²) in [6.07, 6.45) is 0. The molecular weight excluding hydrogens is 512 g/mol. The van der Waals surface area contributed by atoms with Crippen LogP contribution in [0.1, 0.15) is 23.8 Å². The molecule has 9 nitrogen and oxygen atoms in total. The van der Waals surface area contributed by atoms with Gasteiger partial charge in [0.25, 0.3) is 0 Å². The highest BCUT2D eigenvalue weighted by Crippen LogP contribution is 2.35. The standard InChI is InChI=1S/C31H32N2O7/c1-3-36-25-6-4-5-7-27(25)40-30-20(2)39-31-22(29(30)35)9-10-24(34)23(31)18-33-14-12-32(13-15-33)17-21-8-11-26-28(16-21)38-19-37-26/h4-11,16,34H,3,12-15,17-19H2,1-2H3. The highest BCUT2D eigenvalue weighted by molar-refractivity contribution is 5.83. The second-order valence-corrected chi connectivity index (χ2v) is 9.98. The fraction of sp³-hybridized carbons (Fsp3) is 0.323. The molecule has 1 saturated heterocycles. The summed E-state index contributed by atoms with van der Waals surface area (Å²) in [5, 5.41) is 11.1. The highest BCUT2D eigenvalue weighted by Gasteiger charge is 2.24. The summed E-state index contributed by atoms with van der Waals surface area (Å²) >= 11 is 0. The van der Waals surface area contributed by atoms with E-state index in [4.69, 9.17) is 23.4 Å². The van der Waals surface area contributed by atoms with E-state index >= 15 is 0 Å². The van der Waals surface area contributed by atoms with Crippen molar-refractivity contribution in [3.05, 3.63) is 81.7 Å². The van der Waals surface area contributed by atoms with Gasteiger partial charge in [-0.2, -0.15) is 0 Å². The van der Waals surface area contributed by atoms with Gasteiger partial charge >= 0.3 is 0 Å². The van der Waals surface area contributed by atoms with Crippen LogP contribution < -0.4 is 24.4 Å². The van der Waals surface area contributed by atoms with Gasteiger partial charge in [-0.3, -0.25) is 14.6 Å². The average Bonchev–Trinajstić information content (AvgIpc) is 3.43. The van der Waals surface area contributed by atoms with Gasteiger partial charge in [-0.25, -0.2) is 0 Å². The molecule has 3 heterocycles. The maximum atomic E-state index is 13.5. The molecule has 0 bridgehead atoms. The van der Waals surface area contributed by atoms with Gasteiger partial charge in [-0.1, -0.05) is 18.2 Å². The van der Waals surface area contributed by atoms with E-state index in [0.29, 0.717) is 46.9 Å². The van der Waals surface area contributed by atoms with Gasteiger partial charge in [-0.15, -0.1) is 0 Å². The van der Waals surface area contributed by atoms with Crippen LogP contribution in [0.15, 0.2) is 63.8 Å². The summed E-state index contributed by atoms with van der Waals surface area (Å²) in [7, 11) is 0. The van der Waals surface area contributed by atoms with Crippen LogP contribution >= 0.6 is 0 Å². The van der Waals surface area contributed by atoms with E-state index in [1.807, 2.05) is 31.2 Å². The van der Waals surface area contributed by atoms with Crippen LogP contribution in [0.2, 0.25) is 0 Å². The molecule has 9 heteroatoms. The Kier molecular flexibility index (Phi) is 7.23. The van der Waals surface area contributed by atoms with Gasteiger partial charge in [0.2, 0.25) is 18.0 Å². The van der Waals surface area contributed by atoms with Crippen molar-refractivity contribution in [1.82, 2.24) is 9.80 Å². The Labute approximate surface area is 232 Å². The quantitative estimate of drug-likeness (QED) is 0.327. The van der Waals surface area contributed by atoms with Crippen LogP contribution in [-0.2, 0) is 13.1 Å². The molecule has 0 atom stereocenters. The van der Waals surface area contributed by atoms with Crippen molar-refractivity contribution in [3.8, 4) is 34.5 Å². The van der Waals surface area contributed by atoms with Crippen molar-refractivity contribution >= 4 is 11.0 Å². The van der Waals surface area contributed by atoms with Crippen LogP contribution in [0.3, 0.4) is 0 Å². The van der Waals surface area contributed by atoms with Crippen molar-refractivity contribution in [2.75, 3.05) is 39.6 Å². The molecule has 0 spiro atoms. The highest BCUT2D eigenvalue weighted by atomic mass is 16.7. The largest absolute Gasteiger partial charge is 0.507 e. The van der Waals surface area contributed by atoms with Crippen molar-refractivity contribution < 1.29 is 28.5 Å². The van der Waals surface area contributed by atoms with Gasteiger partial charge in [0.15, 0.2) is 23.0 Å². The van der Waals surface area contributed by atoms with Gasteiger partial charge in [0, 0.05) is 39.3 Å². The number of aryl methyl sites for hydroxylation is 1. The molecule has 40 heavy (non-hydrogen) atoms. The topological polar surface area (TPSA) is 93.8 Å². The summed E-state index contributed by atoms with van der Waals surface area (Å²) in [4.78, 5) is 18.2. The number of nitrogens with zero attached hydrogens (tertiary/aromatic N) is 2. The Morgan fingerprint density at radius 1 is 0.900 bits per heavy atom. The Morgan fingerprint density at radius 3 is 2.40 bits per heavy atom. The number of para-hydroxylation sites is 2. The molecule has 2 aliphatic heterocycles. The molecule has 0 amide bonds. The van der Waals surface area contributed by atoms with Gasteiger partial charge in [-0.05, 0) is 55.8 Å². The number of piperazine rings is 1. The molecule has 0 saturated carbocycles. The van der Waals surface area contributed by atoms with E-state index in [2.05, 4.69) is 15.9 Å². The summed E-state index contributed by atoms with van der Waals surface area (Å²) in [5.41, 5.74) is 1.88. The SMILES string of the molecule is CCOc1ccccc1Oc1c(C)oc2c(CN3CCN(Cc4ccc5c(c4)OCO5)CC3)c(O)ccc2c1=O. The van der Waals surface area contributed by atoms with E-state index in [-0.39, 0.29) is 23.7 Å². The number of hydrogen-bond acceptors (Lipinski definition) is 9. The second kappa shape index (κ2) is 11.1. The van der Waals surface area contributed by atoms with E-state index < -0.39 is 0 Å². The lowest BCUT2D eigenvalue weighted by molar-refractivity contribution is 0.121. The fourth-order valence-corrected chi connectivity index (χ4v) is 5.21. The Bertz CT molecular complexity index is 1590. The Morgan fingerprint density at radius 2 is 1.62 bits per heavy atom. The van der Waals surface area contributed by atoms with E-state index in [9.17, 15) is 9.90 Å². The number of hydrogen-bond donors (Lipinski definition) is 1. The third kappa shape index (κ3) is 5.17. The maximum Gasteiger partial charge on any atom is 0.235 e. The number of phenolic OH excluding ortho intramolecular Hbond substituents is 1. The third-order valence-electron chi connectivity index (χ3n) is 7.31. The first kappa shape index (κ1) is 26.0. The van der Waals surface area contributed by atoms with Crippen LogP contribution in [-0.4, -0.2) is 54.5 Å². The van der Waals surface area contributed by atoms with Crippen LogP contribution in [0.5, 0.6) is 34.5 Å². The number of benzene rings is 3. The molecule has 208 valence electrons. The van der Waals surface area contributed by atoms with E-state index in [0.717, 1.165) is 44.2 Å². The van der Waals surface area contributed by atoms with Crippen LogP contribution in [0.4, 0.5) is 0 Å². The first-order chi connectivity index (χ1) is 19.5. The number of ether oxygens (including phenoxy) is 4. The molecular formula is C31H32N2O7. The number of aromatic hydroxyl groups is 1. The molecule has 3 aromatic carbocycles. The molecule has 0 unspecified atom stereocenters. The van der Waals surface area contributed by atoms with Gasteiger partial charge in [0.1, 0.15) is 17.1 Å². The zero-order valence-electron chi connectivity index (χ0n) is 22.6. The number of fused-ring (bicyclic) bond motifs is 2. The molecule has 1 N–H and O–H groups in total. The van der Waals surface area contributed by atoms with Crippen molar-refractivity contribution in [2.24, 2.45) is 0 Å². The van der Waals surface area contributed by atoms with Crippen molar-refractivity contribution in [3.63, 3.8) is 0 Å². The minimum atomic E-state index is -0.292. The summed E-state index contributed by atoms with van der Waals surface area (Å²) in [6, 6.07) is 16.4. The number of rotatable bonds is 8. The molecule has 0 radical (unpaired) electrons. The van der Waals surface area contributed by atoms with E-state index in [1.54, 1.807) is 31.2 Å². The molecule has 2 aliphatic rings. The minimum absolute atomic E-state index is 0.105. The van der Waals surface area contributed by atoms with Crippen LogP contribution in [0.25, 0.3) is 11.0 Å². The second-order valence-electron chi connectivity index (χ2n) is 9.98. The van der Waals surface area contributed by atoms with Gasteiger partial charge in [0.05, 0.1) is 17.6 Å². The Hall–Kier alpha value is -4.21. The molecule has 0 aliphatic carbocycles. The maximum absolute atomic E-state index is 13.5. The first-order valence-corrected chi connectivity index (χ1v) is 13.5. The monoisotopic (exact) mass is 544 g/mol. The fourth-order valence-electron chi connectivity index (χ4n) is 5.21. The molecule has 1 fully saturated rings. The average molecular weight is 545 g/mol. The normalized spacial score (nSPS) is 15.4. The lowest BCUT2D eigenvalue weighted by Crippen LogP contribution is -2.45. The molecule has 1 aromatic heterocycles.